The van der Waals surface area contributed by atoms with Crippen molar-refractivity contribution in [2.45, 2.75) is 31.9 Å². The predicted molar refractivity (Wildman–Crippen MR) is 58.9 cm³/mol. The van der Waals surface area contributed by atoms with E-state index in [0.717, 1.165) is 13.0 Å². The summed E-state index contributed by atoms with van der Waals surface area (Å²) in [5.41, 5.74) is -0.143. The molecule has 0 spiro atoms. The van der Waals surface area contributed by atoms with Crippen LogP contribution in [0.5, 0.6) is 0 Å². The minimum absolute atomic E-state index is 0.143. The highest BCUT2D eigenvalue weighted by atomic mass is 35.5. The Bertz CT molecular complexity index is 121. The van der Waals surface area contributed by atoms with Crippen molar-refractivity contribution in [1.82, 2.24) is 5.32 Å². The molecule has 0 fully saturated rings. The zero-order chi connectivity index (χ0) is 10.3. The third-order valence-corrected chi connectivity index (χ3v) is 3.38. The van der Waals surface area contributed by atoms with E-state index in [4.69, 9.17) is 27.9 Å². The number of hydrogen-bond donors (Lipinski definition) is 1. The van der Waals surface area contributed by atoms with Crippen LogP contribution in [-0.2, 0) is 4.74 Å². The van der Waals surface area contributed by atoms with Crippen LogP contribution in [-0.4, -0.2) is 37.1 Å². The van der Waals surface area contributed by atoms with E-state index in [9.17, 15) is 0 Å². The van der Waals surface area contributed by atoms with Crippen LogP contribution in [0.2, 0.25) is 0 Å². The summed E-state index contributed by atoms with van der Waals surface area (Å²) in [6.45, 7) is 4.87. The zero-order valence-corrected chi connectivity index (χ0v) is 10.1. The number of rotatable bonds is 7. The van der Waals surface area contributed by atoms with Crippen LogP contribution in [0.15, 0.2) is 0 Å². The van der Waals surface area contributed by atoms with Crippen LogP contribution < -0.4 is 5.32 Å². The summed E-state index contributed by atoms with van der Waals surface area (Å²) in [5, 5.41) is 3.34. The van der Waals surface area contributed by atoms with Crippen molar-refractivity contribution in [1.29, 1.82) is 0 Å². The highest BCUT2D eigenvalue weighted by Crippen LogP contribution is 2.14. The fraction of sp³-hybridized carbons (Fsp3) is 1.00. The molecule has 0 aromatic heterocycles. The molecule has 0 radical (unpaired) electrons. The van der Waals surface area contributed by atoms with Gasteiger partial charge in [0, 0.05) is 31.0 Å². The highest BCUT2D eigenvalue weighted by molar-refractivity contribution is 6.22. The standard InChI is InChI=1S/C9H19Cl2NO/c1-4-9(6-10,7-11)12-5-8(2)13-3/h8,12H,4-7H2,1-3H3. The molecular weight excluding hydrogens is 209 g/mol. The Morgan fingerprint density at radius 1 is 1.38 bits per heavy atom. The minimum atomic E-state index is -0.143. The van der Waals surface area contributed by atoms with Gasteiger partial charge in [-0.25, -0.2) is 0 Å². The molecule has 0 aromatic carbocycles. The third-order valence-electron chi connectivity index (χ3n) is 2.36. The van der Waals surface area contributed by atoms with Gasteiger partial charge in [-0.2, -0.15) is 0 Å². The van der Waals surface area contributed by atoms with Crippen LogP contribution in [0.3, 0.4) is 0 Å². The summed E-state index contributed by atoms with van der Waals surface area (Å²) >= 11 is 11.7. The van der Waals surface area contributed by atoms with Crippen molar-refractivity contribution in [2.75, 3.05) is 25.4 Å². The van der Waals surface area contributed by atoms with Gasteiger partial charge in [-0.05, 0) is 13.3 Å². The lowest BCUT2D eigenvalue weighted by atomic mass is 10.0. The van der Waals surface area contributed by atoms with E-state index < -0.39 is 0 Å². The number of methoxy groups -OCH3 is 1. The average Bonchev–Trinajstić information content (AvgIpc) is 2.20. The fourth-order valence-electron chi connectivity index (χ4n) is 0.888. The van der Waals surface area contributed by atoms with Crippen LogP contribution in [0.1, 0.15) is 20.3 Å². The van der Waals surface area contributed by atoms with Gasteiger partial charge in [0.05, 0.1) is 6.10 Å². The largest absolute Gasteiger partial charge is 0.380 e. The maximum atomic E-state index is 5.86. The molecule has 0 bridgehead atoms. The molecule has 0 heterocycles. The Morgan fingerprint density at radius 3 is 2.23 bits per heavy atom. The lowest BCUT2D eigenvalue weighted by Crippen LogP contribution is -2.50. The molecule has 1 unspecified atom stereocenters. The van der Waals surface area contributed by atoms with E-state index in [1.807, 2.05) is 6.92 Å². The number of nitrogens with one attached hydrogen (secondary N) is 1. The van der Waals surface area contributed by atoms with Crippen LogP contribution in [0.25, 0.3) is 0 Å². The van der Waals surface area contributed by atoms with E-state index in [0.29, 0.717) is 11.8 Å². The molecule has 0 saturated carbocycles. The molecule has 0 aliphatic heterocycles. The second-order valence-corrected chi connectivity index (χ2v) is 3.86. The molecule has 1 atom stereocenters. The molecule has 0 aliphatic rings. The van der Waals surface area contributed by atoms with Crippen LogP contribution in [0, 0.1) is 0 Å². The quantitative estimate of drug-likeness (QED) is 0.675. The average molecular weight is 228 g/mol. The van der Waals surface area contributed by atoms with Gasteiger partial charge >= 0.3 is 0 Å². The van der Waals surface area contributed by atoms with Gasteiger partial charge < -0.3 is 10.1 Å². The molecule has 0 saturated heterocycles. The topological polar surface area (TPSA) is 21.3 Å². The highest BCUT2D eigenvalue weighted by Gasteiger charge is 2.25. The van der Waals surface area contributed by atoms with Gasteiger partial charge in [0.25, 0.3) is 0 Å². The van der Waals surface area contributed by atoms with Gasteiger partial charge in [-0.1, -0.05) is 6.92 Å². The zero-order valence-electron chi connectivity index (χ0n) is 8.57. The number of alkyl halides is 2. The molecule has 13 heavy (non-hydrogen) atoms. The first-order valence-electron chi connectivity index (χ1n) is 4.54. The summed E-state index contributed by atoms with van der Waals surface area (Å²) in [7, 11) is 1.70. The molecule has 4 heteroatoms. The van der Waals surface area contributed by atoms with E-state index in [1.54, 1.807) is 7.11 Å². The summed E-state index contributed by atoms with van der Waals surface area (Å²) in [5.74, 6) is 1.06. The number of halogens is 2. The van der Waals surface area contributed by atoms with Crippen molar-refractivity contribution < 1.29 is 4.74 Å². The van der Waals surface area contributed by atoms with E-state index >= 15 is 0 Å². The molecular formula is C9H19Cl2NO. The lowest BCUT2D eigenvalue weighted by molar-refractivity contribution is 0.109. The fourth-order valence-corrected chi connectivity index (χ4v) is 1.74. The number of ether oxygens (including phenoxy) is 1. The van der Waals surface area contributed by atoms with Crippen molar-refractivity contribution in [3.8, 4) is 0 Å². The molecule has 2 nitrogen and oxygen atoms in total. The Kier molecular flexibility index (Phi) is 7.15. The molecule has 80 valence electrons. The minimum Gasteiger partial charge on any atom is -0.380 e. The van der Waals surface area contributed by atoms with E-state index in [2.05, 4.69) is 12.2 Å². The van der Waals surface area contributed by atoms with Crippen molar-refractivity contribution in [3.63, 3.8) is 0 Å². The molecule has 0 rings (SSSR count). The smallest absolute Gasteiger partial charge is 0.0667 e. The maximum Gasteiger partial charge on any atom is 0.0667 e. The Hall–Kier alpha value is 0.500. The molecule has 0 amide bonds. The number of hydrogen-bond acceptors (Lipinski definition) is 2. The van der Waals surface area contributed by atoms with E-state index in [-0.39, 0.29) is 11.6 Å². The first-order chi connectivity index (χ1) is 6.14. The second kappa shape index (κ2) is 6.88. The molecule has 0 aromatic rings. The molecule has 0 aliphatic carbocycles. The normalized spacial score (nSPS) is 14.5. The Balaban J connectivity index is 3.95. The van der Waals surface area contributed by atoms with Crippen LogP contribution in [0.4, 0.5) is 0 Å². The van der Waals surface area contributed by atoms with E-state index in [1.165, 1.54) is 0 Å². The van der Waals surface area contributed by atoms with Crippen molar-refractivity contribution in [3.05, 3.63) is 0 Å². The summed E-state index contributed by atoms with van der Waals surface area (Å²) in [6, 6.07) is 0. The van der Waals surface area contributed by atoms with Gasteiger partial charge in [-0.15, -0.1) is 23.2 Å². The summed E-state index contributed by atoms with van der Waals surface area (Å²) in [6.07, 6.45) is 1.12. The van der Waals surface area contributed by atoms with Gasteiger partial charge in [0.1, 0.15) is 0 Å². The Labute approximate surface area is 90.9 Å². The van der Waals surface area contributed by atoms with Gasteiger partial charge in [0.2, 0.25) is 0 Å². The predicted octanol–water partition coefficient (Wildman–Crippen LogP) is 2.24. The maximum absolute atomic E-state index is 5.86. The second-order valence-electron chi connectivity index (χ2n) is 3.33. The first kappa shape index (κ1) is 13.5. The monoisotopic (exact) mass is 227 g/mol. The Morgan fingerprint density at radius 2 is 1.92 bits per heavy atom. The van der Waals surface area contributed by atoms with Gasteiger partial charge in [0.15, 0.2) is 0 Å². The van der Waals surface area contributed by atoms with Crippen LogP contribution >= 0.6 is 23.2 Å². The van der Waals surface area contributed by atoms with Gasteiger partial charge in [-0.3, -0.25) is 0 Å². The summed E-state index contributed by atoms with van der Waals surface area (Å²) in [4.78, 5) is 0. The first-order valence-corrected chi connectivity index (χ1v) is 5.60. The van der Waals surface area contributed by atoms with Crippen molar-refractivity contribution >= 4 is 23.2 Å². The molecule has 1 N–H and O–H groups in total. The lowest BCUT2D eigenvalue weighted by Gasteiger charge is -2.30. The van der Waals surface area contributed by atoms with Crippen molar-refractivity contribution in [2.24, 2.45) is 0 Å². The SMILES string of the molecule is CCC(CCl)(CCl)NCC(C)OC. The third kappa shape index (κ3) is 4.50. The summed E-state index contributed by atoms with van der Waals surface area (Å²) < 4.78 is 5.13.